The van der Waals surface area contributed by atoms with Gasteiger partial charge in [0.15, 0.2) is 0 Å². The summed E-state index contributed by atoms with van der Waals surface area (Å²) in [4.78, 5) is 25.6. The molecule has 0 aliphatic carbocycles. The number of unbranched alkanes of at least 4 members (excludes halogenated alkanes) is 30. The second-order valence-electron chi connectivity index (χ2n) is 23.1. The molecule has 0 aliphatic rings. The zero-order valence-corrected chi connectivity index (χ0v) is 52.9. The lowest BCUT2D eigenvalue weighted by Crippen LogP contribution is -2.45. The number of rotatable bonds is 59. The third-order valence-electron chi connectivity index (χ3n) is 14.2. The van der Waals surface area contributed by atoms with Gasteiger partial charge in [-0.15, -0.1) is 0 Å². The molecule has 0 aromatic heterocycles. The summed E-state index contributed by atoms with van der Waals surface area (Å²) >= 11 is 0. The number of amides is 1. The summed E-state index contributed by atoms with van der Waals surface area (Å²) in [6, 6.07) is -0.924. The van der Waals surface area contributed by atoms with E-state index in [1.54, 1.807) is 6.08 Å². The fourth-order valence-corrected chi connectivity index (χ4v) is 9.85. The Labute approximate surface area is 489 Å². The number of aliphatic hydroxyl groups is 1. The van der Waals surface area contributed by atoms with Crippen molar-refractivity contribution < 1.29 is 32.9 Å². The summed E-state index contributed by atoms with van der Waals surface area (Å²) in [7, 11) is 1.22. The molecule has 8 nitrogen and oxygen atoms in total. The number of phosphoric ester groups is 1. The molecule has 0 saturated carbocycles. The highest BCUT2D eigenvalue weighted by molar-refractivity contribution is 7.45. The van der Waals surface area contributed by atoms with Crippen LogP contribution in [0.1, 0.15) is 277 Å². The van der Waals surface area contributed by atoms with Crippen LogP contribution < -0.4 is 10.2 Å². The van der Waals surface area contributed by atoms with Crippen LogP contribution in [0.3, 0.4) is 0 Å². The number of quaternary nitrogens is 1. The smallest absolute Gasteiger partial charge is 0.268 e. The van der Waals surface area contributed by atoms with Crippen molar-refractivity contribution in [3.63, 3.8) is 0 Å². The van der Waals surface area contributed by atoms with E-state index in [1.807, 2.05) is 27.2 Å². The van der Waals surface area contributed by atoms with Crippen molar-refractivity contribution in [3.8, 4) is 0 Å². The zero-order chi connectivity index (χ0) is 57.7. The molecule has 9 heteroatoms. The second-order valence-corrected chi connectivity index (χ2v) is 24.5. The minimum atomic E-state index is -4.62. The Morgan fingerprint density at radius 1 is 0.456 bits per heavy atom. The molecular formula is C70H125N2O6P. The molecule has 3 unspecified atom stereocenters. The lowest BCUT2D eigenvalue weighted by atomic mass is 10.0. The van der Waals surface area contributed by atoms with Gasteiger partial charge >= 0.3 is 0 Å². The third kappa shape index (κ3) is 62.6. The first-order chi connectivity index (χ1) is 38.5. The van der Waals surface area contributed by atoms with Gasteiger partial charge in [-0.3, -0.25) is 9.36 Å². The van der Waals surface area contributed by atoms with Crippen molar-refractivity contribution in [2.45, 2.75) is 289 Å². The average molecular weight is 1120 g/mol. The SMILES string of the molecule is CC/C=C\C/C=C\C/C=C\C/C=C\C/C=C\C/C=C\CCCCCCCCCCC(=O)NC(COP(=O)([O-])OCC[N+](C)(C)C)C(O)/C=C/CC/C=C/CC/C=C/CCCCCCCCCCCCCCCCCCCCCC. The summed E-state index contributed by atoms with van der Waals surface area (Å²) < 4.78 is 23.4. The van der Waals surface area contributed by atoms with E-state index >= 15 is 0 Å². The number of hydrogen-bond acceptors (Lipinski definition) is 6. The molecule has 0 aliphatic heterocycles. The zero-order valence-electron chi connectivity index (χ0n) is 52.0. The van der Waals surface area contributed by atoms with Gasteiger partial charge in [0.25, 0.3) is 7.82 Å². The van der Waals surface area contributed by atoms with Gasteiger partial charge in [0, 0.05) is 6.42 Å². The van der Waals surface area contributed by atoms with Crippen LogP contribution in [0.4, 0.5) is 0 Å². The molecule has 0 aromatic carbocycles. The number of nitrogens with one attached hydrogen (secondary N) is 1. The van der Waals surface area contributed by atoms with Crippen molar-refractivity contribution in [3.05, 3.63) is 109 Å². The first-order valence-corrected chi connectivity index (χ1v) is 34.2. The summed E-state index contributed by atoms with van der Waals surface area (Å²) in [5.74, 6) is -0.222. The Hall–Kier alpha value is -2.84. The van der Waals surface area contributed by atoms with Crippen molar-refractivity contribution in [2.24, 2.45) is 0 Å². The third-order valence-corrected chi connectivity index (χ3v) is 15.2. The number of phosphoric acid groups is 1. The molecule has 0 rings (SSSR count). The second kappa shape index (κ2) is 59.8. The van der Waals surface area contributed by atoms with Crippen LogP contribution in [0.5, 0.6) is 0 Å². The van der Waals surface area contributed by atoms with Gasteiger partial charge in [0.2, 0.25) is 5.91 Å². The highest BCUT2D eigenvalue weighted by Crippen LogP contribution is 2.38. The molecule has 79 heavy (non-hydrogen) atoms. The van der Waals surface area contributed by atoms with E-state index in [0.29, 0.717) is 17.4 Å². The summed E-state index contributed by atoms with van der Waals surface area (Å²) in [5.41, 5.74) is 0. The minimum absolute atomic E-state index is 0.0163. The Bertz CT molecular complexity index is 1650. The first-order valence-electron chi connectivity index (χ1n) is 32.7. The molecule has 0 saturated heterocycles. The van der Waals surface area contributed by atoms with Gasteiger partial charge < -0.3 is 28.8 Å². The Morgan fingerprint density at radius 2 is 0.785 bits per heavy atom. The van der Waals surface area contributed by atoms with Crippen molar-refractivity contribution in [1.82, 2.24) is 5.32 Å². The summed E-state index contributed by atoms with van der Waals surface area (Å²) in [6.07, 6.45) is 87.7. The standard InChI is InChI=1S/C70H125N2O6P/c1-6-8-10-12-14-16-18-20-22-24-26-28-30-32-34-35-36-38-39-41-43-45-47-49-51-53-55-57-59-61-63-69(73)68(67-78-79(75,76)77-66-65-72(3,4)5)71-70(74)64-62-60-58-56-54-52-50-48-46-44-42-40-37-33-31-29-27-25-23-21-19-17-15-13-11-9-7-2/h9,11,15,17,21,23,27,29,33,37,42,44-45,47,53,55,61,63,68-69,73H,6-8,10,12-14,16,18-20,22,24-26,28,30-32,34-36,38-41,43,46,48-52,54,56-60,62,64-67H2,1-5H3,(H-,71,74,75,76)/b11-9-,17-15-,23-21-,29-27-,37-33-,44-42-,47-45+,55-53+,63-61+. The maximum atomic E-state index is 13.0. The van der Waals surface area contributed by atoms with Crippen LogP contribution in [-0.2, 0) is 18.4 Å². The molecule has 2 N–H and O–H groups in total. The first kappa shape index (κ1) is 76.2. The largest absolute Gasteiger partial charge is 0.756 e. The van der Waals surface area contributed by atoms with Gasteiger partial charge in [-0.2, -0.15) is 0 Å². The molecular weight excluding hydrogens is 996 g/mol. The van der Waals surface area contributed by atoms with Gasteiger partial charge in [-0.1, -0.05) is 284 Å². The molecule has 456 valence electrons. The topological polar surface area (TPSA) is 108 Å². The Morgan fingerprint density at radius 3 is 1.18 bits per heavy atom. The average Bonchev–Trinajstić information content (AvgIpc) is 3.42. The molecule has 0 bridgehead atoms. The Kier molecular flexibility index (Phi) is 57.6. The molecule has 1 amide bonds. The number of likely N-dealkylation sites (N-methyl/N-ethyl adjacent to an activating group) is 1. The van der Waals surface area contributed by atoms with Crippen LogP contribution >= 0.6 is 7.82 Å². The Balaban J connectivity index is 4.24. The van der Waals surface area contributed by atoms with Gasteiger partial charge in [0.05, 0.1) is 39.9 Å². The number of hydrogen-bond donors (Lipinski definition) is 2. The fraction of sp³-hybridized carbons (Fsp3) is 0.729. The van der Waals surface area contributed by atoms with E-state index in [4.69, 9.17) is 9.05 Å². The fourth-order valence-electron chi connectivity index (χ4n) is 9.13. The van der Waals surface area contributed by atoms with E-state index in [9.17, 15) is 19.4 Å². The highest BCUT2D eigenvalue weighted by atomic mass is 31.2. The summed E-state index contributed by atoms with van der Waals surface area (Å²) in [5, 5.41) is 13.9. The van der Waals surface area contributed by atoms with Gasteiger partial charge in [0.1, 0.15) is 13.2 Å². The maximum absolute atomic E-state index is 13.0. The predicted octanol–water partition coefficient (Wildman–Crippen LogP) is 20.1. The number of carbonyl (C=O) groups excluding carboxylic acids is 1. The monoisotopic (exact) mass is 1120 g/mol. The quantitative estimate of drug-likeness (QED) is 0.0272. The predicted molar refractivity (Wildman–Crippen MR) is 343 cm³/mol. The van der Waals surface area contributed by atoms with Gasteiger partial charge in [-0.25, -0.2) is 0 Å². The number of nitrogens with zero attached hydrogens (tertiary/aromatic N) is 1. The van der Waals surface area contributed by atoms with Crippen molar-refractivity contribution >= 4 is 13.7 Å². The lowest BCUT2D eigenvalue weighted by Gasteiger charge is -2.29. The van der Waals surface area contributed by atoms with Crippen LogP contribution in [-0.4, -0.2) is 68.5 Å². The van der Waals surface area contributed by atoms with E-state index in [-0.39, 0.29) is 12.5 Å². The van der Waals surface area contributed by atoms with Crippen LogP contribution in [0.15, 0.2) is 109 Å². The van der Waals surface area contributed by atoms with Crippen LogP contribution in [0.25, 0.3) is 0 Å². The van der Waals surface area contributed by atoms with Crippen molar-refractivity contribution in [1.29, 1.82) is 0 Å². The molecule has 0 aromatic rings. The number of allylic oxidation sites excluding steroid dienone is 17. The maximum Gasteiger partial charge on any atom is 0.268 e. The van der Waals surface area contributed by atoms with E-state index < -0.39 is 26.6 Å². The molecule has 3 atom stereocenters. The van der Waals surface area contributed by atoms with Gasteiger partial charge in [-0.05, 0) is 96.3 Å². The molecule has 0 heterocycles. The van der Waals surface area contributed by atoms with Crippen LogP contribution in [0, 0.1) is 0 Å². The molecule has 0 fully saturated rings. The van der Waals surface area contributed by atoms with Crippen LogP contribution in [0.2, 0.25) is 0 Å². The normalized spacial score (nSPS) is 14.5. The highest BCUT2D eigenvalue weighted by Gasteiger charge is 2.23. The summed E-state index contributed by atoms with van der Waals surface area (Å²) in [6.45, 7) is 4.51. The van der Waals surface area contributed by atoms with E-state index in [0.717, 1.165) is 96.3 Å². The van der Waals surface area contributed by atoms with E-state index in [1.165, 1.54) is 161 Å². The van der Waals surface area contributed by atoms with Crippen molar-refractivity contribution in [2.75, 3.05) is 40.9 Å². The lowest BCUT2D eigenvalue weighted by molar-refractivity contribution is -0.870. The van der Waals surface area contributed by atoms with E-state index in [2.05, 4.69) is 116 Å². The number of aliphatic hydroxyl groups excluding tert-OH is 1. The molecule has 0 spiro atoms. The molecule has 0 radical (unpaired) electrons. The minimum Gasteiger partial charge on any atom is -0.756 e. The number of carbonyl (C=O) groups is 1.